The fourth-order valence-electron chi connectivity index (χ4n) is 2.53. The second-order valence-electron chi connectivity index (χ2n) is 5.53. The van der Waals surface area contributed by atoms with Crippen LogP contribution in [0.2, 0.25) is 0 Å². The maximum absolute atomic E-state index is 12.1. The molecule has 2 N–H and O–H groups in total. The van der Waals surface area contributed by atoms with Crippen molar-refractivity contribution in [1.29, 1.82) is 0 Å². The molecule has 126 valence electrons. The van der Waals surface area contributed by atoms with Gasteiger partial charge in [-0.2, -0.15) is 0 Å². The summed E-state index contributed by atoms with van der Waals surface area (Å²) in [6, 6.07) is 9.51. The number of carbonyl (C=O) groups is 2. The molecule has 0 atom stereocenters. The van der Waals surface area contributed by atoms with Gasteiger partial charge in [0.15, 0.2) is 4.34 Å². The standard InChI is InChI=1S/C16H18N4O2S2/c21-13(17-11-8-4-5-9-11)10-23-16-20-19-15(24-16)14(22)18-12-6-2-1-3-7-12/h1-3,6-7,11H,4-5,8-10H2,(H,17,21)(H,18,22). The second kappa shape index (κ2) is 8.25. The Morgan fingerprint density at radius 3 is 2.67 bits per heavy atom. The van der Waals surface area contributed by atoms with Crippen LogP contribution >= 0.6 is 23.1 Å². The zero-order chi connectivity index (χ0) is 16.8. The molecular formula is C16H18N4O2S2. The van der Waals surface area contributed by atoms with E-state index in [1.54, 1.807) is 0 Å². The molecule has 0 radical (unpaired) electrons. The first-order valence-corrected chi connectivity index (χ1v) is 9.63. The summed E-state index contributed by atoms with van der Waals surface area (Å²) in [5, 5.41) is 14.0. The third-order valence-corrected chi connectivity index (χ3v) is 5.73. The van der Waals surface area contributed by atoms with Crippen molar-refractivity contribution in [1.82, 2.24) is 15.5 Å². The van der Waals surface area contributed by atoms with Crippen LogP contribution in [0.15, 0.2) is 34.7 Å². The number of rotatable bonds is 6. The summed E-state index contributed by atoms with van der Waals surface area (Å²) in [7, 11) is 0. The zero-order valence-electron chi connectivity index (χ0n) is 13.0. The molecule has 2 amide bonds. The van der Waals surface area contributed by atoms with Crippen molar-refractivity contribution in [3.63, 3.8) is 0 Å². The number of aromatic nitrogens is 2. The van der Waals surface area contributed by atoms with Crippen LogP contribution in [0.3, 0.4) is 0 Å². The van der Waals surface area contributed by atoms with Crippen LogP contribution in [0.1, 0.15) is 35.5 Å². The Kier molecular flexibility index (Phi) is 5.81. The Morgan fingerprint density at radius 1 is 1.17 bits per heavy atom. The van der Waals surface area contributed by atoms with E-state index in [2.05, 4.69) is 20.8 Å². The first-order valence-electron chi connectivity index (χ1n) is 7.83. The van der Waals surface area contributed by atoms with Gasteiger partial charge < -0.3 is 10.6 Å². The van der Waals surface area contributed by atoms with Crippen molar-refractivity contribution in [2.45, 2.75) is 36.1 Å². The van der Waals surface area contributed by atoms with E-state index in [0.29, 0.717) is 21.8 Å². The highest BCUT2D eigenvalue weighted by atomic mass is 32.2. The lowest BCUT2D eigenvalue weighted by Crippen LogP contribution is -2.33. The minimum absolute atomic E-state index is 0.0115. The van der Waals surface area contributed by atoms with Gasteiger partial charge in [-0.15, -0.1) is 10.2 Å². The molecule has 0 bridgehead atoms. The molecule has 0 unspecified atom stereocenters. The summed E-state index contributed by atoms with van der Waals surface area (Å²) in [6.45, 7) is 0. The average molecular weight is 362 g/mol. The molecule has 1 heterocycles. The van der Waals surface area contributed by atoms with Crippen LogP contribution in [-0.2, 0) is 4.79 Å². The van der Waals surface area contributed by atoms with Crippen molar-refractivity contribution in [2.24, 2.45) is 0 Å². The normalized spacial score (nSPS) is 14.5. The fourth-order valence-corrected chi connectivity index (χ4v) is 4.09. The van der Waals surface area contributed by atoms with Crippen molar-refractivity contribution >= 4 is 40.6 Å². The summed E-state index contributed by atoms with van der Waals surface area (Å²) >= 11 is 2.50. The molecule has 0 saturated heterocycles. The van der Waals surface area contributed by atoms with E-state index in [1.807, 2.05) is 30.3 Å². The Labute approximate surface area is 148 Å². The smallest absolute Gasteiger partial charge is 0.286 e. The number of carbonyl (C=O) groups excluding carboxylic acids is 2. The molecule has 8 heteroatoms. The summed E-state index contributed by atoms with van der Waals surface area (Å²) < 4.78 is 0.620. The van der Waals surface area contributed by atoms with E-state index < -0.39 is 0 Å². The van der Waals surface area contributed by atoms with E-state index in [1.165, 1.54) is 35.9 Å². The zero-order valence-corrected chi connectivity index (χ0v) is 14.7. The summed E-state index contributed by atoms with van der Waals surface area (Å²) in [4.78, 5) is 24.0. The number of nitrogens with zero attached hydrogens (tertiary/aromatic N) is 2. The molecule has 24 heavy (non-hydrogen) atoms. The van der Waals surface area contributed by atoms with Crippen molar-refractivity contribution < 1.29 is 9.59 Å². The first-order chi connectivity index (χ1) is 11.7. The number of nitrogens with one attached hydrogen (secondary N) is 2. The fraction of sp³-hybridized carbons (Fsp3) is 0.375. The third-order valence-electron chi connectivity index (χ3n) is 3.68. The number of hydrogen-bond donors (Lipinski definition) is 2. The molecule has 1 aliphatic carbocycles. The molecular weight excluding hydrogens is 344 g/mol. The highest BCUT2D eigenvalue weighted by molar-refractivity contribution is 8.01. The highest BCUT2D eigenvalue weighted by Crippen LogP contribution is 2.23. The average Bonchev–Trinajstić information content (AvgIpc) is 3.25. The minimum atomic E-state index is -0.291. The molecule has 1 aliphatic rings. The third kappa shape index (κ3) is 4.78. The molecule has 0 aliphatic heterocycles. The Balaban J connectivity index is 1.48. The SMILES string of the molecule is O=C(CSc1nnc(C(=O)Nc2ccccc2)s1)NC1CCCC1. The van der Waals surface area contributed by atoms with Gasteiger partial charge in [0.05, 0.1) is 5.75 Å². The van der Waals surface area contributed by atoms with Crippen LogP contribution in [0, 0.1) is 0 Å². The molecule has 3 rings (SSSR count). The lowest BCUT2D eigenvalue weighted by Gasteiger charge is -2.10. The van der Waals surface area contributed by atoms with Crippen LogP contribution in [-0.4, -0.2) is 33.8 Å². The predicted octanol–water partition coefficient (Wildman–Crippen LogP) is 2.94. The molecule has 6 nitrogen and oxygen atoms in total. The molecule has 1 aromatic heterocycles. The van der Waals surface area contributed by atoms with E-state index in [4.69, 9.17) is 0 Å². The maximum atomic E-state index is 12.1. The van der Waals surface area contributed by atoms with Gasteiger partial charge in [0.2, 0.25) is 10.9 Å². The van der Waals surface area contributed by atoms with Crippen molar-refractivity contribution in [3.05, 3.63) is 35.3 Å². The number of para-hydroxylation sites is 1. The number of benzene rings is 1. The second-order valence-corrected chi connectivity index (χ2v) is 7.73. The van der Waals surface area contributed by atoms with E-state index in [-0.39, 0.29) is 16.8 Å². The molecule has 2 aromatic rings. The van der Waals surface area contributed by atoms with Gasteiger partial charge >= 0.3 is 0 Å². The number of hydrogen-bond acceptors (Lipinski definition) is 6. The van der Waals surface area contributed by atoms with Crippen LogP contribution in [0.25, 0.3) is 0 Å². The predicted molar refractivity (Wildman–Crippen MR) is 95.4 cm³/mol. The van der Waals surface area contributed by atoms with Gasteiger partial charge in [0.1, 0.15) is 0 Å². The Morgan fingerprint density at radius 2 is 1.92 bits per heavy atom. The maximum Gasteiger partial charge on any atom is 0.286 e. The molecule has 1 fully saturated rings. The lowest BCUT2D eigenvalue weighted by molar-refractivity contribution is -0.119. The van der Waals surface area contributed by atoms with Gasteiger partial charge in [-0.05, 0) is 25.0 Å². The van der Waals surface area contributed by atoms with Gasteiger partial charge in [0.25, 0.3) is 5.91 Å². The minimum Gasteiger partial charge on any atom is -0.353 e. The number of thioether (sulfide) groups is 1. The molecule has 1 saturated carbocycles. The number of anilines is 1. The summed E-state index contributed by atoms with van der Waals surface area (Å²) in [5.74, 6) is 0.0178. The first kappa shape index (κ1) is 16.9. The van der Waals surface area contributed by atoms with Gasteiger partial charge in [0, 0.05) is 11.7 Å². The molecule has 1 aromatic carbocycles. The monoisotopic (exact) mass is 362 g/mol. The highest BCUT2D eigenvalue weighted by Gasteiger charge is 2.18. The lowest BCUT2D eigenvalue weighted by atomic mass is 10.2. The topological polar surface area (TPSA) is 84.0 Å². The van der Waals surface area contributed by atoms with E-state index >= 15 is 0 Å². The summed E-state index contributed by atoms with van der Waals surface area (Å²) in [6.07, 6.45) is 4.51. The van der Waals surface area contributed by atoms with E-state index in [9.17, 15) is 9.59 Å². The largest absolute Gasteiger partial charge is 0.353 e. The quantitative estimate of drug-likeness (QED) is 0.772. The van der Waals surface area contributed by atoms with Gasteiger partial charge in [-0.25, -0.2) is 0 Å². The van der Waals surface area contributed by atoms with Crippen molar-refractivity contribution in [2.75, 3.05) is 11.1 Å². The van der Waals surface area contributed by atoms with Crippen LogP contribution < -0.4 is 10.6 Å². The molecule has 0 spiro atoms. The Bertz CT molecular complexity index is 699. The van der Waals surface area contributed by atoms with Crippen LogP contribution in [0.5, 0.6) is 0 Å². The van der Waals surface area contributed by atoms with Crippen LogP contribution in [0.4, 0.5) is 5.69 Å². The van der Waals surface area contributed by atoms with Crippen molar-refractivity contribution in [3.8, 4) is 0 Å². The summed E-state index contributed by atoms with van der Waals surface area (Å²) in [5.41, 5.74) is 0.711. The van der Waals surface area contributed by atoms with E-state index in [0.717, 1.165) is 12.8 Å². The Hall–Kier alpha value is -1.93. The van der Waals surface area contributed by atoms with Gasteiger partial charge in [-0.3, -0.25) is 9.59 Å². The number of amides is 2. The van der Waals surface area contributed by atoms with Gasteiger partial charge in [-0.1, -0.05) is 54.1 Å².